The first-order valence-corrected chi connectivity index (χ1v) is 7.11. The first-order valence-electron chi connectivity index (χ1n) is 6.32. The van der Waals surface area contributed by atoms with E-state index in [-0.39, 0.29) is 11.6 Å². The van der Waals surface area contributed by atoms with Crippen molar-refractivity contribution >= 4 is 21.7 Å². The van der Waals surface area contributed by atoms with Gasteiger partial charge in [-0.05, 0) is 48.4 Å². The van der Waals surface area contributed by atoms with Gasteiger partial charge in [0.2, 0.25) is 0 Å². The average Bonchev–Trinajstić information content (AvgIpc) is 2.88. The highest BCUT2D eigenvalue weighted by Gasteiger charge is 2.23. The van der Waals surface area contributed by atoms with E-state index in [0.717, 1.165) is 16.5 Å². The maximum Gasteiger partial charge on any atom is 0.196 e. The summed E-state index contributed by atoms with van der Waals surface area (Å²) in [5.41, 5.74) is 2.49. The van der Waals surface area contributed by atoms with Crippen molar-refractivity contribution in [3.05, 3.63) is 62.9 Å². The van der Waals surface area contributed by atoms with Gasteiger partial charge in [-0.1, -0.05) is 15.9 Å². The summed E-state index contributed by atoms with van der Waals surface area (Å²) in [5.74, 6) is 0.199. The number of halogens is 2. The lowest BCUT2D eigenvalue weighted by Gasteiger charge is -2.09. The van der Waals surface area contributed by atoms with Crippen LogP contribution in [0.1, 0.15) is 27.0 Å². The van der Waals surface area contributed by atoms with Crippen LogP contribution in [0.4, 0.5) is 4.39 Å². The zero-order valence-corrected chi connectivity index (χ0v) is 12.5. The summed E-state index contributed by atoms with van der Waals surface area (Å²) < 4.78 is 19.7. The van der Waals surface area contributed by atoms with E-state index >= 15 is 0 Å². The molecule has 0 unspecified atom stereocenters. The molecular formula is C16H12BrFO2. The minimum atomic E-state index is -0.308. The standard InChI is InChI=1S/C16H12BrFO2/c1-9-6-10(2-3-14(9)18)15(19)13-8-12(17)7-11-4-5-20-16(11)13/h2-3,6-8H,4-5H2,1H3. The van der Waals surface area contributed by atoms with E-state index < -0.39 is 0 Å². The van der Waals surface area contributed by atoms with Gasteiger partial charge in [0.1, 0.15) is 11.6 Å². The summed E-state index contributed by atoms with van der Waals surface area (Å²) in [6, 6.07) is 8.12. The topological polar surface area (TPSA) is 26.3 Å². The van der Waals surface area contributed by atoms with Gasteiger partial charge in [-0.3, -0.25) is 4.79 Å². The minimum Gasteiger partial charge on any atom is -0.492 e. The van der Waals surface area contributed by atoms with Crippen LogP contribution >= 0.6 is 15.9 Å². The highest BCUT2D eigenvalue weighted by Crippen LogP contribution is 2.34. The molecule has 0 saturated heterocycles. The number of rotatable bonds is 2. The average molecular weight is 335 g/mol. The smallest absolute Gasteiger partial charge is 0.196 e. The lowest BCUT2D eigenvalue weighted by molar-refractivity contribution is 0.103. The number of ether oxygens (including phenoxy) is 1. The summed E-state index contributed by atoms with van der Waals surface area (Å²) in [5, 5.41) is 0. The molecule has 3 rings (SSSR count). The van der Waals surface area contributed by atoms with Crippen molar-refractivity contribution in [1.29, 1.82) is 0 Å². The van der Waals surface area contributed by atoms with Crippen LogP contribution in [0.5, 0.6) is 5.75 Å². The molecular weight excluding hydrogens is 323 g/mol. The molecule has 20 heavy (non-hydrogen) atoms. The van der Waals surface area contributed by atoms with E-state index in [1.807, 2.05) is 6.07 Å². The van der Waals surface area contributed by atoms with Gasteiger partial charge in [0, 0.05) is 16.5 Å². The van der Waals surface area contributed by atoms with Crippen molar-refractivity contribution in [1.82, 2.24) is 0 Å². The van der Waals surface area contributed by atoms with Crippen molar-refractivity contribution < 1.29 is 13.9 Å². The van der Waals surface area contributed by atoms with Crippen molar-refractivity contribution in [2.45, 2.75) is 13.3 Å². The Kier molecular flexibility index (Phi) is 3.34. The molecule has 0 N–H and O–H groups in total. The second kappa shape index (κ2) is 5.02. The molecule has 2 nitrogen and oxygen atoms in total. The number of hydrogen-bond acceptors (Lipinski definition) is 2. The molecule has 2 aromatic carbocycles. The number of carbonyl (C=O) groups excluding carboxylic acids is 1. The lowest BCUT2D eigenvalue weighted by atomic mass is 9.98. The van der Waals surface area contributed by atoms with Gasteiger partial charge in [0.05, 0.1) is 12.2 Å². The first-order chi connectivity index (χ1) is 9.56. The molecule has 0 aliphatic carbocycles. The third kappa shape index (κ3) is 2.24. The number of ketones is 1. The molecule has 1 heterocycles. The molecule has 0 amide bonds. The molecule has 0 fully saturated rings. The summed E-state index contributed by atoms with van der Waals surface area (Å²) in [6.45, 7) is 2.24. The SMILES string of the molecule is Cc1cc(C(=O)c2cc(Br)cc3c2OCC3)ccc1F. The summed E-state index contributed by atoms with van der Waals surface area (Å²) in [4.78, 5) is 12.6. The van der Waals surface area contributed by atoms with Gasteiger partial charge >= 0.3 is 0 Å². The van der Waals surface area contributed by atoms with E-state index in [0.29, 0.717) is 29.0 Å². The van der Waals surface area contributed by atoms with E-state index in [1.54, 1.807) is 19.1 Å². The minimum absolute atomic E-state index is 0.146. The molecule has 0 atom stereocenters. The fraction of sp³-hybridized carbons (Fsp3) is 0.188. The highest BCUT2D eigenvalue weighted by molar-refractivity contribution is 9.10. The van der Waals surface area contributed by atoms with E-state index in [9.17, 15) is 9.18 Å². The molecule has 0 spiro atoms. The Labute approximate surface area is 124 Å². The molecule has 102 valence electrons. The Hall–Kier alpha value is -1.68. The van der Waals surface area contributed by atoms with Crippen molar-refractivity contribution in [2.75, 3.05) is 6.61 Å². The van der Waals surface area contributed by atoms with Crippen molar-refractivity contribution in [3.63, 3.8) is 0 Å². The molecule has 0 saturated carbocycles. The van der Waals surface area contributed by atoms with Crippen molar-refractivity contribution in [2.24, 2.45) is 0 Å². The maximum absolute atomic E-state index is 13.3. The largest absolute Gasteiger partial charge is 0.492 e. The molecule has 0 aromatic heterocycles. The highest BCUT2D eigenvalue weighted by atomic mass is 79.9. The van der Waals surface area contributed by atoms with Crippen LogP contribution in [0.3, 0.4) is 0 Å². The van der Waals surface area contributed by atoms with E-state index in [4.69, 9.17) is 4.74 Å². The Morgan fingerprint density at radius 2 is 2.10 bits per heavy atom. The van der Waals surface area contributed by atoms with Crippen molar-refractivity contribution in [3.8, 4) is 5.75 Å². The second-order valence-corrected chi connectivity index (χ2v) is 5.75. The summed E-state index contributed by atoms with van der Waals surface area (Å²) in [7, 11) is 0. The quantitative estimate of drug-likeness (QED) is 0.774. The van der Waals surface area contributed by atoms with Crippen LogP contribution in [0.2, 0.25) is 0 Å². The van der Waals surface area contributed by atoms with E-state index in [1.165, 1.54) is 12.1 Å². The summed E-state index contributed by atoms with van der Waals surface area (Å²) >= 11 is 3.41. The number of carbonyl (C=O) groups is 1. The molecule has 0 radical (unpaired) electrons. The van der Waals surface area contributed by atoms with Gasteiger partial charge in [0.25, 0.3) is 0 Å². The Morgan fingerprint density at radius 1 is 1.30 bits per heavy atom. The van der Waals surface area contributed by atoms with Crippen LogP contribution in [0.15, 0.2) is 34.8 Å². The Bertz CT molecular complexity index is 710. The number of hydrogen-bond donors (Lipinski definition) is 0. The zero-order valence-electron chi connectivity index (χ0n) is 10.9. The first kappa shape index (κ1) is 13.3. The molecule has 1 aliphatic rings. The Balaban J connectivity index is 2.09. The Morgan fingerprint density at radius 3 is 2.85 bits per heavy atom. The van der Waals surface area contributed by atoms with Gasteiger partial charge in [-0.15, -0.1) is 0 Å². The van der Waals surface area contributed by atoms with Gasteiger partial charge in [-0.2, -0.15) is 0 Å². The van der Waals surface area contributed by atoms with Crippen LogP contribution in [-0.2, 0) is 6.42 Å². The number of benzene rings is 2. The molecule has 2 aromatic rings. The molecule has 4 heteroatoms. The zero-order chi connectivity index (χ0) is 14.3. The lowest BCUT2D eigenvalue weighted by Crippen LogP contribution is -2.05. The molecule has 1 aliphatic heterocycles. The third-order valence-corrected chi connectivity index (χ3v) is 3.87. The van der Waals surface area contributed by atoms with Crippen LogP contribution < -0.4 is 4.74 Å². The molecule has 0 bridgehead atoms. The van der Waals surface area contributed by atoms with Gasteiger partial charge in [0.15, 0.2) is 5.78 Å². The van der Waals surface area contributed by atoms with Crippen LogP contribution in [0, 0.1) is 12.7 Å². The normalized spacial score (nSPS) is 12.9. The summed E-state index contributed by atoms with van der Waals surface area (Å²) in [6.07, 6.45) is 0.803. The third-order valence-electron chi connectivity index (χ3n) is 3.41. The van der Waals surface area contributed by atoms with Crippen LogP contribution in [-0.4, -0.2) is 12.4 Å². The fourth-order valence-electron chi connectivity index (χ4n) is 2.38. The predicted molar refractivity (Wildman–Crippen MR) is 77.9 cm³/mol. The second-order valence-electron chi connectivity index (χ2n) is 4.83. The predicted octanol–water partition coefficient (Wildman–Crippen LogP) is 4.06. The fourth-order valence-corrected chi connectivity index (χ4v) is 2.88. The maximum atomic E-state index is 13.3. The van der Waals surface area contributed by atoms with E-state index in [2.05, 4.69) is 15.9 Å². The number of aryl methyl sites for hydroxylation is 1. The van der Waals surface area contributed by atoms with Crippen LogP contribution in [0.25, 0.3) is 0 Å². The van der Waals surface area contributed by atoms with Gasteiger partial charge in [-0.25, -0.2) is 4.39 Å². The monoisotopic (exact) mass is 334 g/mol. The number of fused-ring (bicyclic) bond motifs is 1. The van der Waals surface area contributed by atoms with Gasteiger partial charge < -0.3 is 4.74 Å².